The zero-order chi connectivity index (χ0) is 22.0. The molecule has 0 unspecified atom stereocenters. The van der Waals surface area contributed by atoms with Crippen LogP contribution in [0, 0.1) is 12.8 Å². The van der Waals surface area contributed by atoms with Gasteiger partial charge < -0.3 is 9.64 Å². The van der Waals surface area contributed by atoms with E-state index in [-0.39, 0.29) is 22.8 Å². The Hall–Kier alpha value is -2.38. The molecule has 6 nitrogen and oxygen atoms in total. The molecule has 1 atom stereocenters. The van der Waals surface area contributed by atoms with Crippen LogP contribution in [0.25, 0.3) is 0 Å². The summed E-state index contributed by atoms with van der Waals surface area (Å²) in [6, 6.07) is 10.6. The molecule has 7 heteroatoms. The van der Waals surface area contributed by atoms with Crippen molar-refractivity contribution in [3.8, 4) is 5.75 Å². The van der Waals surface area contributed by atoms with Gasteiger partial charge in [-0.3, -0.25) is 4.79 Å². The van der Waals surface area contributed by atoms with E-state index in [2.05, 4.69) is 4.72 Å². The number of hydrogen-bond acceptors (Lipinski definition) is 4. The molecule has 2 aromatic carbocycles. The number of hydrogen-bond donors (Lipinski definition) is 1. The van der Waals surface area contributed by atoms with E-state index in [1.54, 1.807) is 18.2 Å². The van der Waals surface area contributed by atoms with Gasteiger partial charge in [-0.05, 0) is 75.4 Å². The summed E-state index contributed by atoms with van der Waals surface area (Å²) in [5.41, 5.74) is 3.22. The Balaban J connectivity index is 1.42. The van der Waals surface area contributed by atoms with Crippen LogP contribution in [0.4, 0.5) is 5.69 Å². The summed E-state index contributed by atoms with van der Waals surface area (Å²) < 4.78 is 35.6. The largest absolute Gasteiger partial charge is 0.487 e. The first-order chi connectivity index (χ1) is 14.6. The van der Waals surface area contributed by atoms with Crippen LogP contribution in [-0.2, 0) is 21.2 Å². The highest BCUT2D eigenvalue weighted by molar-refractivity contribution is 7.89. The molecule has 5 rings (SSSR count). The number of fused-ring (bicyclic) bond motifs is 2. The average Bonchev–Trinajstić information content (AvgIpc) is 3.44. The van der Waals surface area contributed by atoms with E-state index < -0.39 is 15.6 Å². The third-order valence-corrected chi connectivity index (χ3v) is 7.84. The Kier molecular flexibility index (Phi) is 4.68. The van der Waals surface area contributed by atoms with E-state index in [0.29, 0.717) is 19.4 Å². The lowest BCUT2D eigenvalue weighted by Gasteiger charge is -2.38. The summed E-state index contributed by atoms with van der Waals surface area (Å²) in [6.45, 7) is 6.57. The molecule has 0 spiro atoms. The van der Waals surface area contributed by atoms with Gasteiger partial charge in [-0.1, -0.05) is 12.1 Å². The Bertz CT molecular complexity index is 1170. The van der Waals surface area contributed by atoms with Crippen LogP contribution in [0.1, 0.15) is 55.8 Å². The first-order valence-corrected chi connectivity index (χ1v) is 12.4. The predicted octanol–water partition coefficient (Wildman–Crippen LogP) is 3.87. The predicted molar refractivity (Wildman–Crippen MR) is 119 cm³/mol. The summed E-state index contributed by atoms with van der Waals surface area (Å²) in [5.74, 6) is 1.05. The second-order valence-corrected chi connectivity index (χ2v) is 11.3. The fourth-order valence-corrected chi connectivity index (χ4v) is 5.91. The summed E-state index contributed by atoms with van der Waals surface area (Å²) in [6.07, 6.45) is 3.15. The lowest BCUT2D eigenvalue weighted by atomic mass is 9.90. The van der Waals surface area contributed by atoms with Crippen LogP contribution >= 0.6 is 0 Å². The van der Waals surface area contributed by atoms with Crippen molar-refractivity contribution in [2.45, 2.75) is 63.0 Å². The topological polar surface area (TPSA) is 75.7 Å². The van der Waals surface area contributed by atoms with E-state index >= 15 is 0 Å². The third kappa shape index (κ3) is 3.85. The summed E-state index contributed by atoms with van der Waals surface area (Å²) in [5, 5.41) is 0. The number of aryl methyl sites for hydroxylation is 1. The van der Waals surface area contributed by atoms with Crippen LogP contribution in [0.15, 0.2) is 41.3 Å². The lowest BCUT2D eigenvalue weighted by Crippen LogP contribution is -2.41. The summed E-state index contributed by atoms with van der Waals surface area (Å²) in [7, 11) is -3.74. The Labute approximate surface area is 183 Å². The Morgan fingerprint density at radius 1 is 1.16 bits per heavy atom. The maximum absolute atomic E-state index is 13.3. The smallest absolute Gasteiger partial charge is 0.241 e. The molecule has 1 aliphatic carbocycles. The van der Waals surface area contributed by atoms with E-state index in [9.17, 15) is 13.2 Å². The number of nitrogens with zero attached hydrogens (tertiary/aromatic N) is 1. The van der Waals surface area contributed by atoms with Crippen molar-refractivity contribution in [3.63, 3.8) is 0 Å². The first kappa shape index (κ1) is 20.5. The van der Waals surface area contributed by atoms with Gasteiger partial charge in [0.15, 0.2) is 0 Å². The van der Waals surface area contributed by atoms with E-state index in [0.717, 1.165) is 41.0 Å². The second-order valence-electron chi connectivity index (χ2n) is 9.59. The van der Waals surface area contributed by atoms with E-state index in [1.807, 2.05) is 43.9 Å². The molecule has 31 heavy (non-hydrogen) atoms. The second kappa shape index (κ2) is 7.07. The molecule has 1 amide bonds. The third-order valence-electron chi connectivity index (χ3n) is 6.37. The van der Waals surface area contributed by atoms with Crippen LogP contribution < -0.4 is 14.4 Å². The highest BCUT2D eigenvalue weighted by atomic mass is 32.2. The van der Waals surface area contributed by atoms with Crippen LogP contribution in [-0.4, -0.2) is 26.5 Å². The molecule has 2 aromatic rings. The number of carbonyl (C=O) groups is 1. The lowest BCUT2D eigenvalue weighted by molar-refractivity contribution is -0.119. The first-order valence-electron chi connectivity index (χ1n) is 10.9. The van der Waals surface area contributed by atoms with Crippen LogP contribution in [0.5, 0.6) is 5.75 Å². The van der Waals surface area contributed by atoms with Gasteiger partial charge in [0.2, 0.25) is 15.9 Å². The number of ether oxygens (including phenoxy) is 1. The minimum Gasteiger partial charge on any atom is -0.487 e. The molecule has 0 aromatic heterocycles. The van der Waals surface area contributed by atoms with Gasteiger partial charge in [0, 0.05) is 30.1 Å². The highest BCUT2D eigenvalue weighted by Gasteiger charge is 2.38. The molecule has 1 N–H and O–H groups in total. The molecular weight excluding hydrogens is 412 g/mol. The standard InChI is InChI=1S/C24H28N2O4S/c1-15-4-8-19-20(14-24(2,3)30-22(19)12-15)25-31(28,29)18-7-9-21-17(13-18)10-11-26(21)23(27)16-5-6-16/h4,7-9,12-13,16,20,25H,5-6,10-11,14H2,1-3H3/t20-/m1/s1. The number of rotatable bonds is 4. The van der Waals surface area contributed by atoms with Crippen molar-refractivity contribution in [2.75, 3.05) is 11.4 Å². The maximum Gasteiger partial charge on any atom is 0.241 e. The Morgan fingerprint density at radius 3 is 2.68 bits per heavy atom. The number of nitrogens with one attached hydrogen (secondary N) is 1. The quantitative estimate of drug-likeness (QED) is 0.783. The van der Waals surface area contributed by atoms with Gasteiger partial charge in [0.1, 0.15) is 11.4 Å². The number of amides is 1. The van der Waals surface area contributed by atoms with Crippen molar-refractivity contribution in [2.24, 2.45) is 5.92 Å². The van der Waals surface area contributed by atoms with Gasteiger partial charge in [-0.2, -0.15) is 0 Å². The molecule has 0 saturated heterocycles. The molecular formula is C24H28N2O4S. The van der Waals surface area contributed by atoms with Crippen molar-refractivity contribution < 1.29 is 17.9 Å². The van der Waals surface area contributed by atoms with Crippen molar-refractivity contribution in [1.29, 1.82) is 0 Å². The monoisotopic (exact) mass is 440 g/mol. The van der Waals surface area contributed by atoms with Gasteiger partial charge in [-0.25, -0.2) is 13.1 Å². The summed E-state index contributed by atoms with van der Waals surface area (Å²) in [4.78, 5) is 14.6. The maximum atomic E-state index is 13.3. The molecule has 3 aliphatic rings. The fraction of sp³-hybridized carbons (Fsp3) is 0.458. The van der Waals surface area contributed by atoms with Crippen molar-refractivity contribution in [3.05, 3.63) is 53.1 Å². The number of anilines is 1. The molecule has 0 bridgehead atoms. The fourth-order valence-electron chi connectivity index (χ4n) is 4.64. The van der Waals surface area contributed by atoms with Gasteiger partial charge >= 0.3 is 0 Å². The SMILES string of the molecule is Cc1ccc2c(c1)OC(C)(C)C[C@H]2NS(=O)(=O)c1ccc2c(c1)CCN2C(=O)C1CC1. The van der Waals surface area contributed by atoms with Crippen LogP contribution in [0.3, 0.4) is 0 Å². The molecule has 1 fully saturated rings. The Morgan fingerprint density at radius 2 is 1.94 bits per heavy atom. The van der Waals surface area contributed by atoms with E-state index in [4.69, 9.17) is 4.74 Å². The number of sulfonamides is 1. The average molecular weight is 441 g/mol. The summed E-state index contributed by atoms with van der Waals surface area (Å²) >= 11 is 0. The normalized spacial score (nSPS) is 21.9. The van der Waals surface area contributed by atoms with Gasteiger partial charge in [0.05, 0.1) is 10.9 Å². The molecule has 2 aliphatic heterocycles. The van der Waals surface area contributed by atoms with Gasteiger partial charge in [0.25, 0.3) is 0 Å². The van der Waals surface area contributed by atoms with Crippen molar-refractivity contribution in [1.82, 2.24) is 4.72 Å². The van der Waals surface area contributed by atoms with Crippen LogP contribution in [0.2, 0.25) is 0 Å². The minimum absolute atomic E-state index is 0.150. The molecule has 1 saturated carbocycles. The molecule has 164 valence electrons. The minimum atomic E-state index is -3.74. The highest BCUT2D eigenvalue weighted by Crippen LogP contribution is 2.41. The van der Waals surface area contributed by atoms with Crippen molar-refractivity contribution >= 4 is 21.6 Å². The number of benzene rings is 2. The molecule has 2 heterocycles. The zero-order valence-corrected chi connectivity index (χ0v) is 19.0. The van der Waals surface area contributed by atoms with E-state index in [1.165, 1.54) is 0 Å². The molecule has 0 radical (unpaired) electrons. The zero-order valence-electron chi connectivity index (χ0n) is 18.1. The number of carbonyl (C=O) groups excluding carboxylic acids is 1. The van der Waals surface area contributed by atoms with Gasteiger partial charge in [-0.15, -0.1) is 0 Å².